The van der Waals surface area contributed by atoms with Gasteiger partial charge in [-0.25, -0.2) is 0 Å². The van der Waals surface area contributed by atoms with Gasteiger partial charge < -0.3 is 9.47 Å². The summed E-state index contributed by atoms with van der Waals surface area (Å²) in [5.74, 6) is 0.0659. The average Bonchev–Trinajstić information content (AvgIpc) is 3.20. The fourth-order valence-corrected chi connectivity index (χ4v) is 3.72. The molecule has 0 aromatic heterocycles. The van der Waals surface area contributed by atoms with Gasteiger partial charge >= 0.3 is 6.18 Å². The molecule has 1 amide bonds. The molecule has 0 aliphatic carbocycles. The molecule has 2 aromatic rings. The number of nitrogens with zero attached hydrogens (tertiary/aromatic N) is 3. The second-order valence-electron chi connectivity index (χ2n) is 7.01. The number of fused-ring (bicyclic) bond motifs is 1. The number of hydrazone groups is 1. The maximum atomic E-state index is 12.9. The van der Waals surface area contributed by atoms with Crippen LogP contribution in [-0.4, -0.2) is 46.4 Å². The first-order valence-electron chi connectivity index (χ1n) is 9.70. The molecule has 0 bridgehead atoms. The highest BCUT2D eigenvalue weighted by Crippen LogP contribution is 2.35. The molecule has 0 saturated heterocycles. The third kappa shape index (κ3) is 5.25. The zero-order chi connectivity index (χ0) is 23.6. The highest BCUT2D eigenvalue weighted by molar-refractivity contribution is 8.27. The lowest BCUT2D eigenvalue weighted by Gasteiger charge is -2.20. The zero-order valence-corrected chi connectivity index (χ0v) is 18.0. The summed E-state index contributed by atoms with van der Waals surface area (Å²) in [6.45, 7) is 2.65. The smallest absolute Gasteiger partial charge is 0.441 e. The van der Waals surface area contributed by atoms with Crippen LogP contribution in [0.25, 0.3) is 6.08 Å². The predicted molar refractivity (Wildman–Crippen MR) is 120 cm³/mol. The number of amidine groups is 2. The number of aryl methyl sites for hydroxylation is 1. The van der Waals surface area contributed by atoms with E-state index in [0.29, 0.717) is 29.5 Å². The van der Waals surface area contributed by atoms with Crippen molar-refractivity contribution in [1.82, 2.24) is 5.01 Å². The molecular weight excluding hydrogens is 457 g/mol. The van der Waals surface area contributed by atoms with E-state index in [1.165, 1.54) is 6.08 Å². The summed E-state index contributed by atoms with van der Waals surface area (Å²) < 4.78 is 49.9. The van der Waals surface area contributed by atoms with Crippen LogP contribution in [0.5, 0.6) is 11.5 Å². The van der Waals surface area contributed by atoms with Crippen molar-refractivity contribution < 1.29 is 27.4 Å². The molecule has 4 rings (SSSR count). The molecule has 0 unspecified atom stereocenters. The number of ether oxygens (including phenoxy) is 2. The monoisotopic (exact) mass is 474 g/mol. The standard InChI is InChI=1S/C22H17F3N4O3S/c1-13-3-2-4-16(11-13)32-10-9-31-15-7-5-14(6-8-15)12-17-18(26)29-21(27-19(17)30)33-20(28-29)22(23,24)25/h2-8,11-12,26H,9-10H2,1H3. The number of amides is 1. The summed E-state index contributed by atoms with van der Waals surface area (Å²) in [6, 6.07) is 14.3. The second-order valence-corrected chi connectivity index (χ2v) is 7.96. The second kappa shape index (κ2) is 9.10. The van der Waals surface area contributed by atoms with Crippen LogP contribution in [0, 0.1) is 12.3 Å². The van der Waals surface area contributed by atoms with Gasteiger partial charge in [0.1, 0.15) is 24.7 Å². The van der Waals surface area contributed by atoms with Gasteiger partial charge in [-0.3, -0.25) is 10.2 Å². The fraction of sp³-hybridized carbons (Fsp3) is 0.182. The number of aliphatic imine (C=N–C) groups is 1. The van der Waals surface area contributed by atoms with Crippen molar-refractivity contribution in [2.45, 2.75) is 13.1 Å². The van der Waals surface area contributed by atoms with Crippen molar-refractivity contribution in [1.29, 1.82) is 5.41 Å². The largest absolute Gasteiger partial charge is 0.490 e. The van der Waals surface area contributed by atoms with Gasteiger partial charge in [-0.2, -0.15) is 28.3 Å². The molecule has 2 aliphatic rings. The number of thioether (sulfide) groups is 1. The third-order valence-corrected chi connectivity index (χ3v) is 5.45. The Hall–Kier alpha value is -3.60. The molecule has 33 heavy (non-hydrogen) atoms. The maximum Gasteiger partial charge on any atom is 0.441 e. The molecule has 0 atom stereocenters. The molecule has 0 radical (unpaired) electrons. The minimum absolute atomic E-state index is 0.160. The number of carbonyl (C=O) groups is 1. The first-order valence-corrected chi connectivity index (χ1v) is 10.5. The first-order chi connectivity index (χ1) is 15.7. The topological polar surface area (TPSA) is 87.3 Å². The molecule has 1 N–H and O–H groups in total. The minimum atomic E-state index is -4.68. The number of nitrogens with one attached hydrogen (secondary N) is 1. The SMILES string of the molecule is Cc1cccc(OCCOc2ccc(C=C3C(=N)N4N=C(C(F)(F)F)SC4=NC3=O)cc2)c1. The highest BCUT2D eigenvalue weighted by atomic mass is 32.2. The lowest BCUT2D eigenvalue weighted by atomic mass is 10.1. The molecule has 0 fully saturated rings. The van der Waals surface area contributed by atoms with Gasteiger partial charge in [0.25, 0.3) is 5.91 Å². The highest BCUT2D eigenvalue weighted by Gasteiger charge is 2.46. The number of hydrogen-bond donors (Lipinski definition) is 1. The number of benzene rings is 2. The van der Waals surface area contributed by atoms with Crippen molar-refractivity contribution >= 4 is 39.8 Å². The van der Waals surface area contributed by atoms with Crippen LogP contribution in [0.2, 0.25) is 0 Å². The fourth-order valence-electron chi connectivity index (χ4n) is 2.96. The summed E-state index contributed by atoms with van der Waals surface area (Å²) >= 11 is 0.213. The molecule has 0 spiro atoms. The van der Waals surface area contributed by atoms with E-state index in [-0.39, 0.29) is 22.5 Å². The van der Waals surface area contributed by atoms with Gasteiger partial charge in [-0.05, 0) is 60.2 Å². The van der Waals surface area contributed by atoms with E-state index in [4.69, 9.17) is 14.9 Å². The van der Waals surface area contributed by atoms with Crippen LogP contribution in [-0.2, 0) is 4.79 Å². The summed E-state index contributed by atoms with van der Waals surface area (Å²) in [7, 11) is 0. The van der Waals surface area contributed by atoms with E-state index in [1.54, 1.807) is 24.3 Å². The van der Waals surface area contributed by atoms with Crippen molar-refractivity contribution in [3.63, 3.8) is 0 Å². The Balaban J connectivity index is 1.38. The lowest BCUT2D eigenvalue weighted by molar-refractivity contribution is -0.114. The summed E-state index contributed by atoms with van der Waals surface area (Å²) in [5, 5.41) is 10.8. The maximum absolute atomic E-state index is 12.9. The van der Waals surface area contributed by atoms with Crippen LogP contribution < -0.4 is 9.47 Å². The van der Waals surface area contributed by atoms with Crippen molar-refractivity contribution in [2.24, 2.45) is 10.1 Å². The Kier molecular flexibility index (Phi) is 6.23. The number of alkyl halides is 3. The number of carbonyl (C=O) groups excluding carboxylic acids is 1. The van der Waals surface area contributed by atoms with E-state index in [9.17, 15) is 18.0 Å². The molecule has 0 saturated carbocycles. The van der Waals surface area contributed by atoms with Gasteiger partial charge in [0, 0.05) is 0 Å². The summed E-state index contributed by atoms with van der Waals surface area (Å²) in [6.07, 6.45) is -3.31. The van der Waals surface area contributed by atoms with E-state index < -0.39 is 23.0 Å². The molecule has 11 heteroatoms. The van der Waals surface area contributed by atoms with E-state index in [0.717, 1.165) is 11.3 Å². The molecule has 2 heterocycles. The molecule has 170 valence electrons. The molecule has 7 nitrogen and oxygen atoms in total. The van der Waals surface area contributed by atoms with Crippen molar-refractivity contribution in [3.05, 3.63) is 65.2 Å². The average molecular weight is 474 g/mol. The Morgan fingerprint density at radius 1 is 1.09 bits per heavy atom. The van der Waals surface area contributed by atoms with Crippen LogP contribution in [0.15, 0.2) is 64.2 Å². The van der Waals surface area contributed by atoms with Gasteiger partial charge in [-0.15, -0.1) is 0 Å². The Morgan fingerprint density at radius 2 is 1.79 bits per heavy atom. The molecule has 2 aliphatic heterocycles. The van der Waals surface area contributed by atoms with Crippen LogP contribution in [0.4, 0.5) is 13.2 Å². The Morgan fingerprint density at radius 3 is 2.45 bits per heavy atom. The van der Waals surface area contributed by atoms with Gasteiger partial charge in [0.15, 0.2) is 5.84 Å². The van der Waals surface area contributed by atoms with Crippen molar-refractivity contribution in [3.8, 4) is 11.5 Å². The van der Waals surface area contributed by atoms with E-state index >= 15 is 0 Å². The van der Waals surface area contributed by atoms with Crippen LogP contribution in [0.3, 0.4) is 0 Å². The quantitative estimate of drug-likeness (QED) is 0.487. The number of rotatable bonds is 6. The normalized spacial score (nSPS) is 17.1. The van der Waals surface area contributed by atoms with E-state index in [2.05, 4.69) is 10.1 Å². The predicted octanol–water partition coefficient (Wildman–Crippen LogP) is 4.63. The number of hydrogen-bond acceptors (Lipinski definition) is 6. The minimum Gasteiger partial charge on any atom is -0.490 e. The molecular formula is C22H17F3N4O3S. The van der Waals surface area contributed by atoms with Crippen LogP contribution in [0.1, 0.15) is 11.1 Å². The summed E-state index contributed by atoms with van der Waals surface area (Å²) in [5.41, 5.74) is 1.49. The van der Waals surface area contributed by atoms with Gasteiger partial charge in [0.2, 0.25) is 10.2 Å². The van der Waals surface area contributed by atoms with Gasteiger partial charge in [-0.1, -0.05) is 24.3 Å². The third-order valence-electron chi connectivity index (χ3n) is 4.50. The summed E-state index contributed by atoms with van der Waals surface area (Å²) in [4.78, 5) is 15.9. The van der Waals surface area contributed by atoms with Gasteiger partial charge in [0.05, 0.1) is 5.57 Å². The van der Waals surface area contributed by atoms with Crippen molar-refractivity contribution in [2.75, 3.05) is 13.2 Å². The zero-order valence-electron chi connectivity index (χ0n) is 17.2. The Bertz CT molecular complexity index is 1190. The lowest BCUT2D eigenvalue weighted by Crippen LogP contribution is -2.35. The van der Waals surface area contributed by atoms with Crippen LogP contribution >= 0.6 is 11.8 Å². The first kappa shape index (κ1) is 22.6. The molecule has 2 aromatic carbocycles. The van der Waals surface area contributed by atoms with E-state index in [1.807, 2.05) is 31.2 Å². The number of halogens is 3. The Labute approximate surface area is 191 Å².